The summed E-state index contributed by atoms with van der Waals surface area (Å²) in [5.41, 5.74) is 3.11. The number of hydrogen-bond donors (Lipinski definition) is 1. The molecule has 8 heteroatoms. The number of carbonyl (C=O) groups excluding carboxylic acids is 1. The molecule has 2 aromatic rings. The molecule has 2 aliphatic heterocycles. The van der Waals surface area contributed by atoms with Gasteiger partial charge in [-0.05, 0) is 67.5 Å². The van der Waals surface area contributed by atoms with Gasteiger partial charge in [0.15, 0.2) is 5.82 Å². The number of likely N-dealkylation sites (tertiary alicyclic amines) is 1. The van der Waals surface area contributed by atoms with Gasteiger partial charge in [-0.25, -0.2) is 4.99 Å². The second-order valence-corrected chi connectivity index (χ2v) is 8.61. The molecule has 30 heavy (non-hydrogen) atoms. The third-order valence-electron chi connectivity index (χ3n) is 6.04. The molecule has 7 nitrogen and oxygen atoms in total. The summed E-state index contributed by atoms with van der Waals surface area (Å²) in [7, 11) is 2.11. The van der Waals surface area contributed by atoms with Crippen molar-refractivity contribution in [1.82, 2.24) is 15.1 Å². The van der Waals surface area contributed by atoms with E-state index in [1.807, 2.05) is 19.1 Å². The van der Waals surface area contributed by atoms with Crippen molar-refractivity contribution < 1.29 is 9.53 Å². The quantitative estimate of drug-likeness (QED) is 0.687. The summed E-state index contributed by atoms with van der Waals surface area (Å²) in [6, 6.07) is 7.78. The number of nitrogens with zero attached hydrogens (tertiary/aromatic N) is 4. The molecule has 1 aromatic heterocycles. The van der Waals surface area contributed by atoms with Crippen molar-refractivity contribution in [2.24, 2.45) is 16.8 Å². The predicted octanol–water partition coefficient (Wildman–Crippen LogP) is 3.78. The Morgan fingerprint density at radius 2 is 2.13 bits per heavy atom. The average Bonchev–Trinajstić information content (AvgIpc) is 3.22. The van der Waals surface area contributed by atoms with E-state index in [4.69, 9.17) is 9.73 Å². The first-order valence-electron chi connectivity index (χ1n) is 10.2. The lowest BCUT2D eigenvalue weighted by Crippen LogP contribution is -2.42. The summed E-state index contributed by atoms with van der Waals surface area (Å²) in [6.45, 7) is 4.05. The zero-order chi connectivity index (χ0) is 21.3. The van der Waals surface area contributed by atoms with Crippen molar-refractivity contribution in [3.8, 4) is 6.07 Å². The second-order valence-electron chi connectivity index (χ2n) is 7.82. The number of carbonyl (C=O) groups is 1. The number of fused-ring (bicyclic) bond motifs is 1. The van der Waals surface area contributed by atoms with Gasteiger partial charge in [-0.1, -0.05) is 12.1 Å². The van der Waals surface area contributed by atoms with E-state index in [1.54, 1.807) is 12.3 Å². The van der Waals surface area contributed by atoms with E-state index in [9.17, 15) is 10.1 Å². The molecule has 2 atom stereocenters. The molecule has 0 amide bonds. The van der Waals surface area contributed by atoms with Gasteiger partial charge in [0.05, 0.1) is 18.4 Å². The molecule has 1 fully saturated rings. The van der Waals surface area contributed by atoms with Gasteiger partial charge in [-0.15, -0.1) is 0 Å². The monoisotopic (exact) mass is 469 g/mol. The van der Waals surface area contributed by atoms with Crippen LogP contribution < -0.4 is 0 Å². The lowest BCUT2D eigenvalue weighted by atomic mass is 9.72. The largest absolute Gasteiger partial charge is 0.465 e. The Balaban J connectivity index is 1.86. The van der Waals surface area contributed by atoms with Gasteiger partial charge >= 0.3 is 5.97 Å². The number of halogens is 1. The topological polar surface area (TPSA) is 94.4 Å². The van der Waals surface area contributed by atoms with Gasteiger partial charge in [0.1, 0.15) is 12.0 Å². The van der Waals surface area contributed by atoms with Gasteiger partial charge < -0.3 is 9.64 Å². The molecular weight excluding hydrogens is 446 g/mol. The van der Waals surface area contributed by atoms with Crippen LogP contribution in [-0.2, 0) is 9.53 Å². The fourth-order valence-electron chi connectivity index (χ4n) is 4.52. The van der Waals surface area contributed by atoms with Gasteiger partial charge in [0.2, 0.25) is 0 Å². The normalized spacial score (nSPS) is 22.1. The maximum absolute atomic E-state index is 13.3. The van der Waals surface area contributed by atoms with E-state index in [0.717, 1.165) is 42.8 Å². The smallest absolute Gasteiger partial charge is 0.315 e. The number of rotatable bonds is 4. The molecule has 0 aliphatic carbocycles. The van der Waals surface area contributed by atoms with Crippen LogP contribution in [0, 0.1) is 23.2 Å². The molecule has 0 spiro atoms. The number of ether oxygens (including phenoxy) is 1. The third kappa shape index (κ3) is 3.68. The number of aliphatic imine (C=N–C) groups is 1. The number of benzene rings is 1. The SMILES string of the molecule is CCOC(=O)C1C(C2CCN(C)CC2)=Nc2[nH]ncc2C1c1cccc(C#N)c1Br. The Labute approximate surface area is 184 Å². The molecule has 1 aromatic carbocycles. The number of esters is 1. The molecule has 1 N–H and O–H groups in total. The summed E-state index contributed by atoms with van der Waals surface area (Å²) in [6.07, 6.45) is 3.62. The number of piperidine rings is 1. The molecule has 0 bridgehead atoms. The fourth-order valence-corrected chi connectivity index (χ4v) is 5.12. The van der Waals surface area contributed by atoms with Crippen molar-refractivity contribution in [1.29, 1.82) is 5.26 Å². The Morgan fingerprint density at radius 1 is 1.37 bits per heavy atom. The average molecular weight is 470 g/mol. The fraction of sp³-hybridized carbons (Fsp3) is 0.455. The Hall–Kier alpha value is -2.50. The first-order valence-corrected chi connectivity index (χ1v) is 11.0. The maximum Gasteiger partial charge on any atom is 0.315 e. The van der Waals surface area contributed by atoms with Gasteiger partial charge in [-0.3, -0.25) is 9.89 Å². The van der Waals surface area contributed by atoms with E-state index in [0.29, 0.717) is 22.5 Å². The van der Waals surface area contributed by atoms with Crippen molar-refractivity contribution in [2.45, 2.75) is 25.7 Å². The van der Waals surface area contributed by atoms with Crippen LogP contribution in [0.5, 0.6) is 0 Å². The lowest BCUT2D eigenvalue weighted by Gasteiger charge is -2.37. The van der Waals surface area contributed by atoms with Crippen LogP contribution in [0.25, 0.3) is 0 Å². The molecule has 1 saturated heterocycles. The van der Waals surface area contributed by atoms with Crippen LogP contribution in [0.4, 0.5) is 5.82 Å². The van der Waals surface area contributed by atoms with Gasteiger partial charge in [0, 0.05) is 27.6 Å². The highest BCUT2D eigenvalue weighted by Crippen LogP contribution is 2.46. The Kier molecular flexibility index (Phi) is 6.02. The van der Waals surface area contributed by atoms with E-state index in [1.165, 1.54) is 0 Å². The number of hydrogen-bond acceptors (Lipinski definition) is 6. The van der Waals surface area contributed by atoms with Crippen LogP contribution in [0.15, 0.2) is 33.9 Å². The van der Waals surface area contributed by atoms with Crippen molar-refractivity contribution >= 4 is 33.4 Å². The molecule has 4 rings (SSSR count). The van der Waals surface area contributed by atoms with Crippen LogP contribution in [0.2, 0.25) is 0 Å². The highest BCUT2D eigenvalue weighted by Gasteiger charge is 2.44. The zero-order valence-electron chi connectivity index (χ0n) is 17.1. The second kappa shape index (κ2) is 8.70. The number of aromatic nitrogens is 2. The maximum atomic E-state index is 13.3. The molecule has 2 unspecified atom stereocenters. The van der Waals surface area contributed by atoms with E-state index >= 15 is 0 Å². The molecule has 0 saturated carbocycles. The third-order valence-corrected chi connectivity index (χ3v) is 6.92. The highest BCUT2D eigenvalue weighted by molar-refractivity contribution is 9.10. The summed E-state index contributed by atoms with van der Waals surface area (Å²) < 4.78 is 6.22. The molecule has 3 heterocycles. The minimum Gasteiger partial charge on any atom is -0.465 e. The summed E-state index contributed by atoms with van der Waals surface area (Å²) >= 11 is 3.60. The Bertz CT molecular complexity index is 1020. The molecule has 156 valence electrons. The lowest BCUT2D eigenvalue weighted by molar-refractivity contribution is -0.146. The van der Waals surface area contributed by atoms with E-state index in [2.05, 4.69) is 44.1 Å². The number of H-pyrrole nitrogens is 1. The van der Waals surface area contributed by atoms with Crippen molar-refractivity contribution in [3.63, 3.8) is 0 Å². The van der Waals surface area contributed by atoms with Crippen LogP contribution in [-0.4, -0.2) is 53.5 Å². The van der Waals surface area contributed by atoms with Crippen LogP contribution in [0.1, 0.15) is 42.4 Å². The molecule has 2 aliphatic rings. The van der Waals surface area contributed by atoms with Crippen molar-refractivity contribution in [3.05, 3.63) is 45.6 Å². The van der Waals surface area contributed by atoms with Crippen molar-refractivity contribution in [2.75, 3.05) is 26.7 Å². The molecular formula is C22H24BrN5O2. The van der Waals surface area contributed by atoms with E-state index < -0.39 is 5.92 Å². The number of nitriles is 1. The number of nitrogens with one attached hydrogen (secondary N) is 1. The van der Waals surface area contributed by atoms with E-state index in [-0.39, 0.29) is 17.8 Å². The highest BCUT2D eigenvalue weighted by atomic mass is 79.9. The Morgan fingerprint density at radius 3 is 2.83 bits per heavy atom. The summed E-state index contributed by atoms with van der Waals surface area (Å²) in [5.74, 6) is -0.265. The van der Waals surface area contributed by atoms with Crippen LogP contribution in [0.3, 0.4) is 0 Å². The number of aromatic amines is 1. The first kappa shape index (κ1) is 20.8. The minimum absolute atomic E-state index is 0.201. The predicted molar refractivity (Wildman–Crippen MR) is 117 cm³/mol. The molecule has 0 radical (unpaired) electrons. The van der Waals surface area contributed by atoms with Gasteiger partial charge in [0.25, 0.3) is 0 Å². The summed E-state index contributed by atoms with van der Waals surface area (Å²) in [4.78, 5) is 20.5. The first-order chi connectivity index (χ1) is 14.5. The zero-order valence-corrected chi connectivity index (χ0v) is 18.6. The minimum atomic E-state index is -0.548. The summed E-state index contributed by atoms with van der Waals surface area (Å²) in [5, 5.41) is 16.7. The standard InChI is InChI=1S/C22H24BrN5O2/c1-3-30-22(29)18-17(15-6-4-5-14(11-24)19(15)23)16-12-25-27-21(16)26-20(18)13-7-9-28(2)10-8-13/h4-6,12-13,17-18H,3,7-10H2,1-2H3,(H,25,27). The van der Waals surface area contributed by atoms with Crippen LogP contribution >= 0.6 is 15.9 Å². The van der Waals surface area contributed by atoms with Gasteiger partial charge in [-0.2, -0.15) is 10.4 Å².